The van der Waals surface area contributed by atoms with Gasteiger partial charge in [0.05, 0.1) is 20.3 Å². The van der Waals surface area contributed by atoms with Gasteiger partial charge >= 0.3 is 0 Å². The van der Waals surface area contributed by atoms with Crippen molar-refractivity contribution >= 4 is 16.9 Å². The summed E-state index contributed by atoms with van der Waals surface area (Å²) in [5, 5.41) is 3.99. The zero-order chi connectivity index (χ0) is 21.1. The number of fused-ring (bicyclic) bond motifs is 1. The molecule has 3 aromatic rings. The molecule has 1 aliphatic heterocycles. The molecule has 1 amide bonds. The van der Waals surface area contributed by atoms with Crippen molar-refractivity contribution in [3.05, 3.63) is 59.4 Å². The van der Waals surface area contributed by atoms with Gasteiger partial charge in [0.2, 0.25) is 0 Å². The Morgan fingerprint density at radius 1 is 1.10 bits per heavy atom. The van der Waals surface area contributed by atoms with Crippen LogP contribution < -0.4 is 14.8 Å². The summed E-state index contributed by atoms with van der Waals surface area (Å²) < 4.78 is 16.6. The van der Waals surface area contributed by atoms with Gasteiger partial charge in [0.15, 0.2) is 5.76 Å². The van der Waals surface area contributed by atoms with E-state index in [9.17, 15) is 4.79 Å². The molecule has 0 radical (unpaired) electrons. The van der Waals surface area contributed by atoms with Crippen LogP contribution in [0.2, 0.25) is 0 Å². The number of hydrogen-bond acceptors (Lipinski definition) is 5. The maximum absolute atomic E-state index is 13.0. The highest BCUT2D eigenvalue weighted by Gasteiger charge is 2.26. The number of aryl methyl sites for hydroxylation is 1. The SMILES string of the molecule is COc1cccc(C(CNC(=O)c2oc3ccc(OC)cc3c2C)N2CCCC2)c1. The van der Waals surface area contributed by atoms with Gasteiger partial charge in [0.25, 0.3) is 5.91 Å². The minimum atomic E-state index is -0.199. The average Bonchev–Trinajstić information content (AvgIpc) is 3.42. The number of rotatable bonds is 7. The quantitative estimate of drug-likeness (QED) is 0.631. The molecule has 1 atom stereocenters. The first-order valence-electron chi connectivity index (χ1n) is 10.3. The molecule has 1 saturated heterocycles. The highest BCUT2D eigenvalue weighted by atomic mass is 16.5. The average molecular weight is 408 g/mol. The number of furan rings is 1. The number of likely N-dealkylation sites (tertiary alicyclic amines) is 1. The van der Waals surface area contributed by atoms with Gasteiger partial charge in [-0.1, -0.05) is 12.1 Å². The molecule has 1 fully saturated rings. The molecule has 1 N–H and O–H groups in total. The summed E-state index contributed by atoms with van der Waals surface area (Å²) in [5.41, 5.74) is 2.64. The van der Waals surface area contributed by atoms with Crippen LogP contribution in [0.25, 0.3) is 11.0 Å². The molecule has 1 unspecified atom stereocenters. The third-order valence-corrected chi connectivity index (χ3v) is 5.87. The number of hydrogen-bond donors (Lipinski definition) is 1. The number of carbonyl (C=O) groups excluding carboxylic acids is 1. The van der Waals surface area contributed by atoms with Crippen LogP contribution in [-0.2, 0) is 0 Å². The molecule has 1 aliphatic rings. The second kappa shape index (κ2) is 8.79. The molecule has 6 heteroatoms. The molecular formula is C24H28N2O4. The van der Waals surface area contributed by atoms with Gasteiger partial charge < -0.3 is 19.2 Å². The van der Waals surface area contributed by atoms with Gasteiger partial charge in [0.1, 0.15) is 17.1 Å². The Morgan fingerprint density at radius 2 is 1.83 bits per heavy atom. The van der Waals surface area contributed by atoms with Crippen LogP contribution in [-0.4, -0.2) is 44.7 Å². The Labute approximate surface area is 176 Å². The van der Waals surface area contributed by atoms with Crippen molar-refractivity contribution in [2.75, 3.05) is 33.9 Å². The Kier molecular flexibility index (Phi) is 5.95. The van der Waals surface area contributed by atoms with E-state index in [4.69, 9.17) is 13.9 Å². The van der Waals surface area contributed by atoms with Crippen molar-refractivity contribution in [3.8, 4) is 11.5 Å². The number of carbonyl (C=O) groups is 1. The van der Waals surface area contributed by atoms with E-state index in [2.05, 4.69) is 16.3 Å². The van der Waals surface area contributed by atoms with Crippen LogP contribution in [0.3, 0.4) is 0 Å². The van der Waals surface area contributed by atoms with Gasteiger partial charge in [-0.15, -0.1) is 0 Å². The molecule has 2 heterocycles. The van der Waals surface area contributed by atoms with Crippen LogP contribution in [0.5, 0.6) is 11.5 Å². The molecule has 0 saturated carbocycles. The van der Waals surface area contributed by atoms with Crippen LogP contribution >= 0.6 is 0 Å². The second-order valence-electron chi connectivity index (χ2n) is 7.66. The molecule has 4 rings (SSSR count). The second-order valence-corrected chi connectivity index (χ2v) is 7.66. The number of ether oxygens (including phenoxy) is 2. The molecular weight excluding hydrogens is 380 g/mol. The lowest BCUT2D eigenvalue weighted by Crippen LogP contribution is -2.36. The number of benzene rings is 2. The van der Waals surface area contributed by atoms with E-state index in [1.807, 2.05) is 43.3 Å². The van der Waals surface area contributed by atoms with E-state index in [1.54, 1.807) is 14.2 Å². The Bertz CT molecular complexity index is 1040. The van der Waals surface area contributed by atoms with Crippen molar-refractivity contribution in [1.82, 2.24) is 10.2 Å². The van der Waals surface area contributed by atoms with Gasteiger partial charge in [0, 0.05) is 17.5 Å². The molecule has 0 aliphatic carbocycles. The summed E-state index contributed by atoms with van der Waals surface area (Å²) >= 11 is 0. The zero-order valence-corrected chi connectivity index (χ0v) is 17.7. The van der Waals surface area contributed by atoms with Crippen LogP contribution in [0.15, 0.2) is 46.9 Å². The summed E-state index contributed by atoms with van der Waals surface area (Å²) in [7, 11) is 3.30. The lowest BCUT2D eigenvalue weighted by atomic mass is 10.0. The van der Waals surface area contributed by atoms with Gasteiger partial charge in [-0.3, -0.25) is 9.69 Å². The predicted molar refractivity (Wildman–Crippen MR) is 116 cm³/mol. The largest absolute Gasteiger partial charge is 0.497 e. The fourth-order valence-corrected chi connectivity index (χ4v) is 4.17. The van der Waals surface area contributed by atoms with Crippen LogP contribution in [0, 0.1) is 6.92 Å². The van der Waals surface area contributed by atoms with E-state index in [0.717, 1.165) is 41.1 Å². The summed E-state index contributed by atoms with van der Waals surface area (Å²) in [5.74, 6) is 1.72. The van der Waals surface area contributed by atoms with Crippen molar-refractivity contribution < 1.29 is 18.7 Å². The van der Waals surface area contributed by atoms with Crippen molar-refractivity contribution in [1.29, 1.82) is 0 Å². The molecule has 6 nitrogen and oxygen atoms in total. The molecule has 0 spiro atoms. The maximum Gasteiger partial charge on any atom is 0.287 e. The standard InChI is InChI=1S/C24H28N2O4/c1-16-20-14-19(29-3)9-10-22(20)30-23(16)24(27)25-15-21(26-11-4-5-12-26)17-7-6-8-18(13-17)28-2/h6-10,13-14,21H,4-5,11-12,15H2,1-3H3,(H,25,27). The summed E-state index contributed by atoms with van der Waals surface area (Å²) in [6.07, 6.45) is 2.36. The molecule has 158 valence electrons. The van der Waals surface area contributed by atoms with E-state index in [1.165, 1.54) is 12.8 Å². The number of nitrogens with one attached hydrogen (secondary N) is 1. The van der Waals surface area contributed by atoms with E-state index >= 15 is 0 Å². The zero-order valence-electron chi connectivity index (χ0n) is 17.7. The topological polar surface area (TPSA) is 63.9 Å². The third-order valence-electron chi connectivity index (χ3n) is 5.87. The molecule has 30 heavy (non-hydrogen) atoms. The number of nitrogens with zero attached hydrogens (tertiary/aromatic N) is 1. The van der Waals surface area contributed by atoms with Gasteiger partial charge in [-0.25, -0.2) is 0 Å². The molecule has 2 aromatic carbocycles. The van der Waals surface area contributed by atoms with E-state index < -0.39 is 0 Å². The van der Waals surface area contributed by atoms with Crippen LogP contribution in [0.1, 0.15) is 40.6 Å². The normalized spacial score (nSPS) is 15.3. The van der Waals surface area contributed by atoms with Crippen molar-refractivity contribution in [2.24, 2.45) is 0 Å². The fourth-order valence-electron chi connectivity index (χ4n) is 4.17. The Morgan fingerprint density at radius 3 is 2.57 bits per heavy atom. The molecule has 1 aromatic heterocycles. The van der Waals surface area contributed by atoms with Crippen molar-refractivity contribution in [3.63, 3.8) is 0 Å². The number of amides is 1. The number of methoxy groups -OCH3 is 2. The van der Waals surface area contributed by atoms with E-state index in [-0.39, 0.29) is 11.9 Å². The Balaban J connectivity index is 1.55. The van der Waals surface area contributed by atoms with Crippen LogP contribution in [0.4, 0.5) is 0 Å². The monoisotopic (exact) mass is 408 g/mol. The van der Waals surface area contributed by atoms with Gasteiger partial charge in [-0.2, -0.15) is 0 Å². The summed E-state index contributed by atoms with van der Waals surface area (Å²) in [4.78, 5) is 15.4. The summed E-state index contributed by atoms with van der Waals surface area (Å²) in [6.45, 7) is 4.47. The first kappa shape index (κ1) is 20.3. The first-order chi connectivity index (χ1) is 14.6. The molecule has 0 bridgehead atoms. The minimum absolute atomic E-state index is 0.0938. The Hall–Kier alpha value is -2.99. The predicted octanol–water partition coefficient (Wildman–Crippen LogP) is 4.33. The first-order valence-corrected chi connectivity index (χ1v) is 10.3. The van der Waals surface area contributed by atoms with Gasteiger partial charge in [-0.05, 0) is 68.8 Å². The third kappa shape index (κ3) is 4.00. The minimum Gasteiger partial charge on any atom is -0.497 e. The maximum atomic E-state index is 13.0. The smallest absolute Gasteiger partial charge is 0.287 e. The van der Waals surface area contributed by atoms with Crippen molar-refractivity contribution in [2.45, 2.75) is 25.8 Å². The lowest BCUT2D eigenvalue weighted by molar-refractivity contribution is 0.0911. The summed E-state index contributed by atoms with van der Waals surface area (Å²) in [6, 6.07) is 13.7. The van der Waals surface area contributed by atoms with E-state index in [0.29, 0.717) is 17.9 Å². The lowest BCUT2D eigenvalue weighted by Gasteiger charge is -2.28. The highest BCUT2D eigenvalue weighted by molar-refractivity contribution is 5.99. The fraction of sp³-hybridized carbons (Fsp3) is 0.375. The highest BCUT2D eigenvalue weighted by Crippen LogP contribution is 2.30.